The number of aromatic nitrogens is 4. The third kappa shape index (κ3) is 6.38. The molecule has 3 aromatic carbocycles. The van der Waals surface area contributed by atoms with Crippen LogP contribution in [0, 0.1) is 0 Å². The number of tetrazole rings is 1. The summed E-state index contributed by atoms with van der Waals surface area (Å²) in [5, 5.41) is 23.9. The third-order valence-electron chi connectivity index (χ3n) is 5.28. The van der Waals surface area contributed by atoms with E-state index in [0.717, 1.165) is 27.1 Å². The van der Waals surface area contributed by atoms with Crippen LogP contribution in [0.3, 0.4) is 0 Å². The second-order valence-corrected chi connectivity index (χ2v) is 7.88. The monoisotopic (exact) mass is 485 g/mol. The molecule has 0 saturated heterocycles. The first kappa shape index (κ1) is 24.3. The summed E-state index contributed by atoms with van der Waals surface area (Å²) >= 11 is 0. The SMILES string of the molecule is O=C(O)CC(NC(=O)OCc1ccccc1)C(=O)Cn1nnc(-c2ccccc2-c2ccccc2)n1. The summed E-state index contributed by atoms with van der Waals surface area (Å²) in [4.78, 5) is 37.4. The number of carbonyl (C=O) groups is 3. The highest BCUT2D eigenvalue weighted by molar-refractivity contribution is 5.90. The molecule has 0 saturated carbocycles. The van der Waals surface area contributed by atoms with Crippen molar-refractivity contribution in [1.82, 2.24) is 25.5 Å². The fraction of sp³-hybridized carbons (Fsp3) is 0.154. The Hall–Kier alpha value is -4.86. The molecule has 1 aromatic heterocycles. The Morgan fingerprint density at radius 2 is 1.53 bits per heavy atom. The van der Waals surface area contributed by atoms with Crippen LogP contribution in [0.15, 0.2) is 84.9 Å². The molecule has 10 nitrogen and oxygen atoms in total. The van der Waals surface area contributed by atoms with Gasteiger partial charge in [-0.1, -0.05) is 84.9 Å². The van der Waals surface area contributed by atoms with Gasteiger partial charge < -0.3 is 15.2 Å². The van der Waals surface area contributed by atoms with Crippen molar-refractivity contribution in [2.24, 2.45) is 0 Å². The number of ether oxygens (including phenoxy) is 1. The Labute approximate surface area is 206 Å². The van der Waals surface area contributed by atoms with Gasteiger partial charge in [0.05, 0.1) is 6.42 Å². The largest absolute Gasteiger partial charge is 0.481 e. The summed E-state index contributed by atoms with van der Waals surface area (Å²) in [5.74, 6) is -1.54. The quantitative estimate of drug-likeness (QED) is 0.349. The summed E-state index contributed by atoms with van der Waals surface area (Å²) in [5.41, 5.74) is 3.35. The number of benzene rings is 3. The molecule has 1 heterocycles. The molecule has 182 valence electrons. The number of hydrogen-bond acceptors (Lipinski definition) is 7. The van der Waals surface area contributed by atoms with Gasteiger partial charge in [-0.3, -0.25) is 9.59 Å². The van der Waals surface area contributed by atoms with Crippen molar-refractivity contribution in [3.63, 3.8) is 0 Å². The molecular formula is C26H23N5O5. The predicted molar refractivity (Wildman–Crippen MR) is 129 cm³/mol. The Kier molecular flexibility index (Phi) is 7.76. The minimum atomic E-state index is -1.32. The lowest BCUT2D eigenvalue weighted by atomic mass is 9.99. The van der Waals surface area contributed by atoms with Crippen LogP contribution in [0.25, 0.3) is 22.5 Å². The molecule has 1 amide bonds. The van der Waals surface area contributed by atoms with E-state index in [9.17, 15) is 19.5 Å². The fourth-order valence-electron chi connectivity index (χ4n) is 3.54. The number of carbonyl (C=O) groups excluding carboxylic acids is 2. The van der Waals surface area contributed by atoms with Crippen molar-refractivity contribution in [3.8, 4) is 22.5 Å². The van der Waals surface area contributed by atoms with E-state index in [2.05, 4.69) is 20.7 Å². The number of ketones is 1. The van der Waals surface area contributed by atoms with Crippen molar-refractivity contribution < 1.29 is 24.2 Å². The van der Waals surface area contributed by atoms with Gasteiger partial charge in [0.1, 0.15) is 19.2 Å². The van der Waals surface area contributed by atoms with Crippen LogP contribution in [0.5, 0.6) is 0 Å². The van der Waals surface area contributed by atoms with E-state index >= 15 is 0 Å². The summed E-state index contributed by atoms with van der Waals surface area (Å²) in [7, 11) is 0. The van der Waals surface area contributed by atoms with Gasteiger partial charge in [0.25, 0.3) is 0 Å². The van der Waals surface area contributed by atoms with Crippen molar-refractivity contribution in [1.29, 1.82) is 0 Å². The first-order chi connectivity index (χ1) is 17.5. The summed E-state index contributed by atoms with van der Waals surface area (Å²) in [6.07, 6.45) is -1.51. The lowest BCUT2D eigenvalue weighted by molar-refractivity contribution is -0.139. The molecule has 0 bridgehead atoms. The van der Waals surface area contributed by atoms with Gasteiger partial charge in [-0.2, -0.15) is 4.80 Å². The summed E-state index contributed by atoms with van der Waals surface area (Å²) in [6.45, 7) is -0.396. The Morgan fingerprint density at radius 3 is 2.22 bits per heavy atom. The summed E-state index contributed by atoms with van der Waals surface area (Å²) in [6, 6.07) is 24.9. The number of carboxylic acid groups (broad SMARTS) is 1. The highest BCUT2D eigenvalue weighted by atomic mass is 16.5. The van der Waals surface area contributed by atoms with E-state index in [1.807, 2.05) is 60.7 Å². The van der Waals surface area contributed by atoms with Gasteiger partial charge in [-0.05, 0) is 21.9 Å². The molecule has 1 unspecified atom stereocenters. The molecule has 36 heavy (non-hydrogen) atoms. The lowest BCUT2D eigenvalue weighted by Crippen LogP contribution is -2.44. The maximum Gasteiger partial charge on any atom is 0.408 e. The number of rotatable bonds is 10. The van der Waals surface area contributed by atoms with E-state index < -0.39 is 30.3 Å². The van der Waals surface area contributed by atoms with Crippen molar-refractivity contribution in [2.75, 3.05) is 0 Å². The van der Waals surface area contributed by atoms with Gasteiger partial charge in [0.15, 0.2) is 5.78 Å². The second-order valence-electron chi connectivity index (χ2n) is 7.88. The number of alkyl carbamates (subject to hydrolysis) is 1. The first-order valence-corrected chi connectivity index (χ1v) is 11.1. The highest BCUT2D eigenvalue weighted by Crippen LogP contribution is 2.29. The summed E-state index contributed by atoms with van der Waals surface area (Å²) < 4.78 is 5.11. The highest BCUT2D eigenvalue weighted by Gasteiger charge is 2.25. The van der Waals surface area contributed by atoms with Gasteiger partial charge in [-0.25, -0.2) is 4.79 Å². The number of Topliss-reactive ketones (excluding diaryl/α,β-unsaturated/α-hetero) is 1. The van der Waals surface area contributed by atoms with Crippen LogP contribution in [0.2, 0.25) is 0 Å². The maximum atomic E-state index is 12.8. The van der Waals surface area contributed by atoms with E-state index in [1.165, 1.54) is 0 Å². The number of amides is 1. The molecule has 1 atom stereocenters. The van der Waals surface area contributed by atoms with E-state index in [1.54, 1.807) is 24.3 Å². The van der Waals surface area contributed by atoms with Crippen molar-refractivity contribution >= 4 is 17.8 Å². The number of nitrogens with one attached hydrogen (secondary N) is 1. The van der Waals surface area contributed by atoms with Gasteiger partial charge >= 0.3 is 12.1 Å². The lowest BCUT2D eigenvalue weighted by Gasteiger charge is -2.15. The molecule has 4 aromatic rings. The Balaban J connectivity index is 1.44. The van der Waals surface area contributed by atoms with Gasteiger partial charge in [-0.15, -0.1) is 10.2 Å². The van der Waals surface area contributed by atoms with Gasteiger partial charge in [0, 0.05) is 5.56 Å². The zero-order valence-electron chi connectivity index (χ0n) is 19.2. The second kappa shape index (κ2) is 11.5. The number of hydrogen-bond donors (Lipinski definition) is 2. The van der Waals surface area contributed by atoms with E-state index in [0.29, 0.717) is 5.82 Å². The topological polar surface area (TPSA) is 136 Å². The molecule has 0 fully saturated rings. The molecule has 2 N–H and O–H groups in total. The zero-order chi connectivity index (χ0) is 25.3. The number of aliphatic carboxylic acids is 1. The molecule has 10 heteroatoms. The van der Waals surface area contributed by atoms with Crippen LogP contribution in [-0.2, 0) is 27.5 Å². The molecule has 0 spiro atoms. The fourth-order valence-corrected chi connectivity index (χ4v) is 3.54. The number of carboxylic acids is 1. The first-order valence-electron chi connectivity index (χ1n) is 11.1. The van der Waals surface area contributed by atoms with Crippen molar-refractivity contribution in [2.45, 2.75) is 25.6 Å². The maximum absolute atomic E-state index is 12.8. The van der Waals surface area contributed by atoms with Crippen LogP contribution in [0.4, 0.5) is 4.79 Å². The zero-order valence-corrected chi connectivity index (χ0v) is 19.2. The van der Waals surface area contributed by atoms with Crippen LogP contribution in [-0.4, -0.2) is 49.2 Å². The molecule has 0 aliphatic carbocycles. The third-order valence-corrected chi connectivity index (χ3v) is 5.28. The standard InChI is InChI=1S/C26H23N5O5/c32-23(22(15-24(33)34)27-26(35)36-17-18-9-3-1-4-10-18)16-31-29-25(28-30-31)21-14-8-7-13-20(21)19-11-5-2-6-12-19/h1-14,22H,15-17H2,(H,27,35)(H,33,34). The average Bonchev–Trinajstić information content (AvgIpc) is 3.36. The minimum absolute atomic E-state index is 0.0184. The average molecular weight is 486 g/mol. The van der Waals surface area contributed by atoms with Gasteiger partial charge in [0.2, 0.25) is 5.82 Å². The molecule has 0 aliphatic heterocycles. The molecule has 0 radical (unpaired) electrons. The normalized spacial score (nSPS) is 11.4. The van der Waals surface area contributed by atoms with E-state index in [-0.39, 0.29) is 13.2 Å². The van der Waals surface area contributed by atoms with Crippen LogP contribution >= 0.6 is 0 Å². The van der Waals surface area contributed by atoms with Crippen LogP contribution < -0.4 is 5.32 Å². The molecular weight excluding hydrogens is 462 g/mol. The van der Waals surface area contributed by atoms with Crippen LogP contribution in [0.1, 0.15) is 12.0 Å². The molecule has 4 rings (SSSR count). The Bertz CT molecular complexity index is 1340. The smallest absolute Gasteiger partial charge is 0.408 e. The van der Waals surface area contributed by atoms with Crippen molar-refractivity contribution in [3.05, 3.63) is 90.5 Å². The Morgan fingerprint density at radius 1 is 0.889 bits per heavy atom. The predicted octanol–water partition coefficient (Wildman–Crippen LogP) is 3.35. The molecule has 0 aliphatic rings. The number of nitrogens with zero attached hydrogens (tertiary/aromatic N) is 4. The van der Waals surface area contributed by atoms with E-state index in [4.69, 9.17) is 4.74 Å². The minimum Gasteiger partial charge on any atom is -0.481 e.